The van der Waals surface area contributed by atoms with Crippen molar-refractivity contribution in [3.63, 3.8) is 0 Å². The quantitative estimate of drug-likeness (QED) is 0.204. The van der Waals surface area contributed by atoms with E-state index in [9.17, 15) is 0 Å². The lowest BCUT2D eigenvalue weighted by Gasteiger charge is -2.34. The summed E-state index contributed by atoms with van der Waals surface area (Å²) in [6.45, 7) is 4.56. The molecule has 4 aromatic carbocycles. The molecule has 2 nitrogen and oxygen atoms in total. The van der Waals surface area contributed by atoms with Crippen LogP contribution in [0, 0.1) is 43.7 Å². The number of fused-ring (bicyclic) bond motifs is 8. The Labute approximate surface area is 271 Å². The predicted molar refractivity (Wildman–Crippen MR) is 190 cm³/mol. The highest BCUT2D eigenvalue weighted by Gasteiger charge is 2.52. The van der Waals surface area contributed by atoms with Crippen LogP contribution < -0.4 is 0 Å². The van der Waals surface area contributed by atoms with E-state index in [1.165, 1.54) is 97.7 Å². The molecule has 6 unspecified atom stereocenters. The van der Waals surface area contributed by atoms with Crippen LogP contribution in [-0.2, 0) is 0 Å². The molecule has 10 rings (SSSR count). The summed E-state index contributed by atoms with van der Waals surface area (Å²) >= 11 is 0. The summed E-state index contributed by atoms with van der Waals surface area (Å²) in [6, 6.07) is 29.8. The number of para-hydroxylation sites is 1. The highest BCUT2D eigenvalue weighted by molar-refractivity contribution is 6.02. The fraction of sp³-hybridized carbons (Fsp3) is 0.273. The van der Waals surface area contributed by atoms with Gasteiger partial charge >= 0.3 is 0 Å². The molecule has 46 heavy (non-hydrogen) atoms. The van der Waals surface area contributed by atoms with Crippen molar-refractivity contribution in [1.29, 1.82) is 0 Å². The SMILES string of the molecule is Cc1cccc2c1C(c1cc3[nH][c]c(C)c3c(-c3cc4ccccc4[nH]3)c1C1C3C=CC=CC3C3CCCCC31)c1ccccc1-2. The first-order chi connectivity index (χ1) is 22.7. The maximum absolute atomic E-state index is 3.94. The largest absolute Gasteiger partial charge is 0.355 e. The second kappa shape index (κ2) is 9.97. The van der Waals surface area contributed by atoms with E-state index in [1.807, 2.05) is 0 Å². The maximum Gasteiger partial charge on any atom is 0.0663 e. The van der Waals surface area contributed by atoms with Gasteiger partial charge in [0.05, 0.1) is 6.20 Å². The van der Waals surface area contributed by atoms with E-state index >= 15 is 0 Å². The highest BCUT2D eigenvalue weighted by Crippen LogP contribution is 2.62. The molecular weight excluding hydrogens is 556 g/mol. The molecule has 0 amide bonds. The van der Waals surface area contributed by atoms with Gasteiger partial charge in [-0.1, -0.05) is 97.8 Å². The number of nitrogens with one attached hydrogen (secondary N) is 2. The predicted octanol–water partition coefficient (Wildman–Crippen LogP) is 11.2. The third-order valence-electron chi connectivity index (χ3n) is 12.2. The van der Waals surface area contributed by atoms with E-state index in [4.69, 9.17) is 0 Å². The van der Waals surface area contributed by atoms with Crippen molar-refractivity contribution in [1.82, 2.24) is 9.97 Å². The van der Waals surface area contributed by atoms with Crippen LogP contribution in [-0.4, -0.2) is 9.97 Å². The molecule has 0 saturated heterocycles. The van der Waals surface area contributed by atoms with Gasteiger partial charge in [0.1, 0.15) is 0 Å². The first-order valence-corrected chi connectivity index (χ1v) is 17.4. The van der Waals surface area contributed by atoms with Gasteiger partial charge in [-0.3, -0.25) is 0 Å². The zero-order chi connectivity index (χ0) is 30.5. The lowest BCUT2D eigenvalue weighted by molar-refractivity contribution is 0.238. The summed E-state index contributed by atoms with van der Waals surface area (Å²) in [6.07, 6.45) is 18.7. The Hall–Kier alpha value is -4.56. The van der Waals surface area contributed by atoms with Gasteiger partial charge in [0, 0.05) is 39.0 Å². The number of allylic oxidation sites excluding steroid dienone is 4. The van der Waals surface area contributed by atoms with Gasteiger partial charge < -0.3 is 9.97 Å². The number of hydrogen-bond acceptors (Lipinski definition) is 0. The Morgan fingerprint density at radius 3 is 2.37 bits per heavy atom. The van der Waals surface area contributed by atoms with Gasteiger partial charge in [-0.2, -0.15) is 0 Å². The molecule has 2 aromatic heterocycles. The molecule has 2 heteroatoms. The van der Waals surface area contributed by atoms with Crippen LogP contribution in [0.2, 0.25) is 0 Å². The Bertz CT molecular complexity index is 2200. The first-order valence-electron chi connectivity index (χ1n) is 17.4. The van der Waals surface area contributed by atoms with Crippen molar-refractivity contribution < 1.29 is 0 Å². The van der Waals surface area contributed by atoms with E-state index in [0.717, 1.165) is 5.92 Å². The number of rotatable bonds is 3. The van der Waals surface area contributed by atoms with Gasteiger partial charge in [0.15, 0.2) is 0 Å². The average Bonchev–Trinajstić information content (AvgIpc) is 3.85. The Morgan fingerprint density at radius 1 is 0.696 bits per heavy atom. The molecule has 0 bridgehead atoms. The average molecular weight is 596 g/mol. The smallest absolute Gasteiger partial charge is 0.0663 e. The fourth-order valence-corrected chi connectivity index (χ4v) is 10.5. The normalized spacial score (nSPS) is 26.0. The highest BCUT2D eigenvalue weighted by atomic mass is 14.7. The van der Waals surface area contributed by atoms with Crippen LogP contribution in [0.3, 0.4) is 0 Å². The number of H-pyrrole nitrogens is 2. The van der Waals surface area contributed by atoms with Crippen molar-refractivity contribution in [2.75, 3.05) is 0 Å². The van der Waals surface area contributed by atoms with Gasteiger partial charge in [-0.15, -0.1) is 0 Å². The van der Waals surface area contributed by atoms with Gasteiger partial charge in [0.25, 0.3) is 0 Å². The molecule has 2 heterocycles. The summed E-state index contributed by atoms with van der Waals surface area (Å²) in [4.78, 5) is 7.56. The second-order valence-corrected chi connectivity index (χ2v) is 14.4. The maximum atomic E-state index is 3.94. The van der Waals surface area contributed by atoms with E-state index in [1.54, 1.807) is 5.56 Å². The molecule has 0 aliphatic heterocycles. The summed E-state index contributed by atoms with van der Waals surface area (Å²) < 4.78 is 0. The monoisotopic (exact) mass is 595 g/mol. The third-order valence-corrected chi connectivity index (χ3v) is 12.2. The molecule has 225 valence electrons. The van der Waals surface area contributed by atoms with Crippen molar-refractivity contribution in [3.05, 3.63) is 143 Å². The zero-order valence-corrected chi connectivity index (χ0v) is 26.6. The van der Waals surface area contributed by atoms with E-state index in [0.29, 0.717) is 23.7 Å². The first kappa shape index (κ1) is 26.6. The molecule has 6 atom stereocenters. The molecule has 2 fully saturated rings. The van der Waals surface area contributed by atoms with Crippen molar-refractivity contribution in [3.8, 4) is 22.4 Å². The zero-order valence-electron chi connectivity index (χ0n) is 26.6. The molecule has 1 radical (unpaired) electrons. The van der Waals surface area contributed by atoms with Crippen LogP contribution in [0.4, 0.5) is 0 Å². The molecule has 6 aromatic rings. The minimum Gasteiger partial charge on any atom is -0.355 e. The third kappa shape index (κ3) is 3.65. The summed E-state index contributed by atoms with van der Waals surface area (Å²) in [5, 5.41) is 2.60. The van der Waals surface area contributed by atoms with E-state index in [2.05, 4.69) is 133 Å². The minimum atomic E-state index is 0.183. The Balaban J connectivity index is 1.35. The van der Waals surface area contributed by atoms with Crippen LogP contribution in [0.15, 0.2) is 103 Å². The molecule has 4 aliphatic rings. The number of aromatic amines is 2. The number of aromatic nitrogens is 2. The van der Waals surface area contributed by atoms with Crippen LogP contribution in [0.1, 0.15) is 70.9 Å². The summed E-state index contributed by atoms with van der Waals surface area (Å²) in [7, 11) is 0. The van der Waals surface area contributed by atoms with Crippen molar-refractivity contribution >= 4 is 21.8 Å². The molecular formula is C44H39N2. The van der Waals surface area contributed by atoms with Crippen LogP contribution >= 0.6 is 0 Å². The number of aryl methyl sites for hydroxylation is 2. The lowest BCUT2D eigenvalue weighted by Crippen LogP contribution is -2.22. The van der Waals surface area contributed by atoms with E-state index < -0.39 is 0 Å². The molecule has 4 aliphatic carbocycles. The van der Waals surface area contributed by atoms with Gasteiger partial charge in [0.2, 0.25) is 0 Å². The van der Waals surface area contributed by atoms with Crippen LogP contribution in [0.5, 0.6) is 0 Å². The topological polar surface area (TPSA) is 31.6 Å². The Kier molecular flexibility index (Phi) is 5.77. The van der Waals surface area contributed by atoms with Crippen molar-refractivity contribution in [2.24, 2.45) is 23.7 Å². The minimum absolute atomic E-state index is 0.183. The van der Waals surface area contributed by atoms with Gasteiger partial charge in [-0.25, -0.2) is 0 Å². The van der Waals surface area contributed by atoms with Crippen LogP contribution in [0.25, 0.3) is 44.2 Å². The summed E-state index contributed by atoms with van der Waals surface area (Å²) in [5.74, 6) is 3.17. The number of hydrogen-bond donors (Lipinski definition) is 2. The number of benzene rings is 4. The molecule has 2 N–H and O–H groups in total. The fourth-order valence-electron chi connectivity index (χ4n) is 10.5. The Morgan fingerprint density at radius 2 is 1.48 bits per heavy atom. The van der Waals surface area contributed by atoms with E-state index in [-0.39, 0.29) is 5.92 Å². The molecule has 2 saturated carbocycles. The summed E-state index contributed by atoms with van der Waals surface area (Å²) in [5.41, 5.74) is 16.4. The van der Waals surface area contributed by atoms with Crippen molar-refractivity contribution in [2.45, 2.75) is 51.4 Å². The molecule has 0 spiro atoms. The lowest BCUT2D eigenvalue weighted by atomic mass is 9.69. The second-order valence-electron chi connectivity index (χ2n) is 14.4. The standard InChI is InChI=1S/C44H39N2/c1-25-12-11-20-31-30-16-6-9-19-34(30)42(39(25)31)35-23-37-40(26(2)24-45-37)44(38-22-27-13-3-10-21-36(27)46-38)43(35)41-32-17-7-4-14-28(32)29-15-5-8-18-33(29)41/h3-4,6-7,9-14,16-17,19-23,28-29,32-33,41-42,45-46H,5,8,15,18H2,1-2H3. The van der Waals surface area contributed by atoms with Gasteiger partial charge in [-0.05, 0) is 119 Å².